The molecule has 0 unspecified atom stereocenters. The van der Waals surface area contributed by atoms with E-state index in [1.54, 1.807) is 24.5 Å². The summed E-state index contributed by atoms with van der Waals surface area (Å²) in [5.74, 6) is -0.132. The molecule has 0 spiro atoms. The SMILES string of the molecule is CC1=C[C@@](C)(c2cncc(CC(=O)c3ccc(C#N)cn3)c2)N=C(N)S1. The van der Waals surface area contributed by atoms with Crippen LogP contribution in [0.4, 0.5) is 0 Å². The van der Waals surface area contributed by atoms with Crippen molar-refractivity contribution >= 4 is 22.7 Å². The minimum Gasteiger partial charge on any atom is -0.378 e. The second-order valence-corrected chi connectivity index (χ2v) is 7.45. The van der Waals surface area contributed by atoms with Crippen LogP contribution >= 0.6 is 11.8 Å². The second-order valence-electron chi connectivity index (χ2n) is 6.18. The van der Waals surface area contributed by atoms with Gasteiger partial charge in [0, 0.05) is 30.6 Å². The van der Waals surface area contributed by atoms with Crippen LogP contribution in [0, 0.1) is 11.3 Å². The Morgan fingerprint density at radius 1 is 1.35 bits per heavy atom. The van der Waals surface area contributed by atoms with Crippen LogP contribution in [0.15, 0.2) is 52.8 Å². The second kappa shape index (κ2) is 7.10. The molecule has 0 bridgehead atoms. The van der Waals surface area contributed by atoms with E-state index < -0.39 is 5.54 Å². The number of carbonyl (C=O) groups excluding carboxylic acids is 1. The fourth-order valence-electron chi connectivity index (χ4n) is 2.78. The average Bonchev–Trinajstić information content (AvgIpc) is 2.61. The van der Waals surface area contributed by atoms with Crippen LogP contribution in [0.2, 0.25) is 0 Å². The number of amidine groups is 1. The van der Waals surface area contributed by atoms with Crippen molar-refractivity contribution < 1.29 is 4.79 Å². The smallest absolute Gasteiger partial charge is 0.185 e. The first-order valence-corrected chi connectivity index (χ1v) is 8.78. The molecule has 0 aliphatic carbocycles. The van der Waals surface area contributed by atoms with Crippen molar-refractivity contribution in [2.75, 3.05) is 0 Å². The summed E-state index contributed by atoms with van der Waals surface area (Å²) >= 11 is 1.44. The number of nitrogens with two attached hydrogens (primary N) is 1. The summed E-state index contributed by atoms with van der Waals surface area (Å²) < 4.78 is 0. The van der Waals surface area contributed by atoms with Gasteiger partial charge in [-0.25, -0.2) is 4.99 Å². The van der Waals surface area contributed by atoms with Gasteiger partial charge >= 0.3 is 0 Å². The highest BCUT2D eigenvalue weighted by molar-refractivity contribution is 8.17. The minimum absolute atomic E-state index is 0.132. The maximum Gasteiger partial charge on any atom is 0.185 e. The van der Waals surface area contributed by atoms with E-state index in [0.29, 0.717) is 16.4 Å². The van der Waals surface area contributed by atoms with Gasteiger partial charge in [0.1, 0.15) is 17.3 Å². The summed E-state index contributed by atoms with van der Waals surface area (Å²) in [4.78, 5) is 26.4. The van der Waals surface area contributed by atoms with E-state index in [-0.39, 0.29) is 12.2 Å². The fraction of sp³-hybridized carbons (Fsp3) is 0.211. The summed E-state index contributed by atoms with van der Waals surface area (Å²) in [6, 6.07) is 7.05. The van der Waals surface area contributed by atoms with E-state index in [1.165, 1.54) is 18.0 Å². The zero-order valence-electron chi connectivity index (χ0n) is 14.4. The molecule has 3 heterocycles. The third kappa shape index (κ3) is 3.81. The minimum atomic E-state index is -0.599. The predicted octanol–water partition coefficient (Wildman–Crippen LogP) is 2.95. The first-order valence-electron chi connectivity index (χ1n) is 7.96. The van der Waals surface area contributed by atoms with Gasteiger partial charge in [-0.1, -0.05) is 11.8 Å². The van der Waals surface area contributed by atoms with E-state index in [9.17, 15) is 4.79 Å². The van der Waals surface area contributed by atoms with Gasteiger partial charge in [-0.2, -0.15) is 5.26 Å². The third-order valence-corrected chi connectivity index (χ3v) is 4.75. The molecule has 6 nitrogen and oxygen atoms in total. The molecule has 1 atom stereocenters. The average molecular weight is 363 g/mol. The molecule has 3 rings (SSSR count). The lowest BCUT2D eigenvalue weighted by Gasteiger charge is -2.27. The Balaban J connectivity index is 1.84. The highest BCUT2D eigenvalue weighted by Crippen LogP contribution is 2.35. The van der Waals surface area contributed by atoms with Gasteiger partial charge in [-0.3, -0.25) is 14.8 Å². The van der Waals surface area contributed by atoms with Crippen LogP contribution < -0.4 is 5.73 Å². The number of ketones is 1. The Kier molecular flexibility index (Phi) is 4.87. The Hall–Kier alpha value is -2.98. The number of allylic oxidation sites excluding steroid dienone is 1. The van der Waals surface area contributed by atoms with Crippen LogP contribution in [0.3, 0.4) is 0 Å². The summed E-state index contributed by atoms with van der Waals surface area (Å²) in [5, 5.41) is 9.32. The van der Waals surface area contributed by atoms with Crippen LogP contribution in [0.1, 0.15) is 41.0 Å². The number of rotatable bonds is 4. The standard InChI is InChI=1S/C19H17N5OS/c1-12-7-19(2,24-18(21)26-12)15-5-14(9-22-11-15)6-17(25)16-4-3-13(8-20)10-23-16/h3-5,7,9-11H,6H2,1-2H3,(H2,21,24)/t19-/m0/s1. The molecule has 0 fully saturated rings. The molecule has 0 amide bonds. The number of Topliss-reactive ketones (excluding diaryl/α,β-unsaturated/α-hetero) is 1. The van der Waals surface area contributed by atoms with Crippen LogP contribution in [-0.4, -0.2) is 20.9 Å². The molecule has 130 valence electrons. The molecule has 2 N–H and O–H groups in total. The molecule has 0 aromatic carbocycles. The quantitative estimate of drug-likeness (QED) is 0.837. The lowest BCUT2D eigenvalue weighted by atomic mass is 9.91. The van der Waals surface area contributed by atoms with Crippen molar-refractivity contribution in [1.29, 1.82) is 5.26 Å². The zero-order chi connectivity index (χ0) is 18.7. The van der Waals surface area contributed by atoms with Gasteiger partial charge < -0.3 is 5.73 Å². The monoisotopic (exact) mass is 363 g/mol. The number of nitrogens with zero attached hydrogens (tertiary/aromatic N) is 4. The Morgan fingerprint density at radius 2 is 2.15 bits per heavy atom. The lowest BCUT2D eigenvalue weighted by Crippen LogP contribution is -2.25. The molecular weight excluding hydrogens is 346 g/mol. The molecule has 0 saturated carbocycles. The van der Waals surface area contributed by atoms with E-state index in [4.69, 9.17) is 11.0 Å². The van der Waals surface area contributed by atoms with Gasteiger partial charge in [0.25, 0.3) is 0 Å². The molecule has 0 radical (unpaired) electrons. The lowest BCUT2D eigenvalue weighted by molar-refractivity contribution is 0.0988. The molecular formula is C19H17N5OS. The number of hydrogen-bond acceptors (Lipinski definition) is 7. The molecule has 7 heteroatoms. The van der Waals surface area contributed by atoms with Crippen molar-refractivity contribution in [1.82, 2.24) is 9.97 Å². The third-order valence-electron chi connectivity index (χ3n) is 4.01. The predicted molar refractivity (Wildman–Crippen MR) is 102 cm³/mol. The molecule has 0 saturated heterocycles. The number of aromatic nitrogens is 2. The van der Waals surface area contributed by atoms with Gasteiger partial charge in [-0.15, -0.1) is 0 Å². The van der Waals surface area contributed by atoms with Crippen LogP contribution in [0.5, 0.6) is 0 Å². The van der Waals surface area contributed by atoms with Crippen molar-refractivity contribution in [2.24, 2.45) is 10.7 Å². The van der Waals surface area contributed by atoms with Crippen molar-refractivity contribution in [3.8, 4) is 6.07 Å². The summed E-state index contributed by atoms with van der Waals surface area (Å²) in [5.41, 5.74) is 7.72. The van der Waals surface area contributed by atoms with Gasteiger partial charge in [-0.05, 0) is 48.6 Å². The number of pyridine rings is 2. The van der Waals surface area contributed by atoms with E-state index in [0.717, 1.165) is 16.0 Å². The summed E-state index contributed by atoms with van der Waals surface area (Å²) in [6.45, 7) is 3.95. The first kappa shape index (κ1) is 17.8. The highest BCUT2D eigenvalue weighted by atomic mass is 32.2. The van der Waals surface area contributed by atoms with Crippen molar-refractivity contribution in [2.45, 2.75) is 25.8 Å². The fourth-order valence-corrected chi connectivity index (χ4v) is 3.64. The normalized spacial score (nSPS) is 19.3. The summed E-state index contributed by atoms with van der Waals surface area (Å²) in [7, 11) is 0. The maximum atomic E-state index is 12.4. The first-order chi connectivity index (χ1) is 12.4. The Morgan fingerprint density at radius 3 is 2.81 bits per heavy atom. The van der Waals surface area contributed by atoms with E-state index in [2.05, 4.69) is 15.0 Å². The molecule has 1 aliphatic heterocycles. The van der Waals surface area contributed by atoms with Crippen molar-refractivity contribution in [3.05, 3.63) is 70.2 Å². The van der Waals surface area contributed by atoms with Gasteiger partial charge in [0.05, 0.1) is 5.56 Å². The van der Waals surface area contributed by atoms with Crippen LogP contribution in [-0.2, 0) is 12.0 Å². The molecule has 2 aromatic rings. The number of carbonyl (C=O) groups is 1. The Labute approximate surface area is 155 Å². The molecule has 1 aliphatic rings. The van der Waals surface area contributed by atoms with E-state index >= 15 is 0 Å². The van der Waals surface area contributed by atoms with Crippen molar-refractivity contribution in [3.63, 3.8) is 0 Å². The summed E-state index contributed by atoms with van der Waals surface area (Å²) in [6.07, 6.45) is 7.01. The maximum absolute atomic E-state index is 12.4. The van der Waals surface area contributed by atoms with Gasteiger partial charge in [0.15, 0.2) is 11.0 Å². The highest BCUT2D eigenvalue weighted by Gasteiger charge is 2.28. The van der Waals surface area contributed by atoms with E-state index in [1.807, 2.05) is 32.1 Å². The molecule has 2 aromatic heterocycles. The van der Waals surface area contributed by atoms with Gasteiger partial charge in [0.2, 0.25) is 0 Å². The largest absolute Gasteiger partial charge is 0.378 e. The molecule has 26 heavy (non-hydrogen) atoms. The number of nitriles is 1. The number of hydrogen-bond donors (Lipinski definition) is 1. The Bertz CT molecular complexity index is 939. The topological polar surface area (TPSA) is 105 Å². The van der Waals surface area contributed by atoms with Crippen LogP contribution in [0.25, 0.3) is 0 Å². The number of aliphatic imine (C=N–C) groups is 1. The number of thioether (sulfide) groups is 1. The zero-order valence-corrected chi connectivity index (χ0v) is 15.2.